The molecule has 0 atom stereocenters. The Morgan fingerprint density at radius 3 is 2.36 bits per heavy atom. The minimum absolute atomic E-state index is 0.0955. The summed E-state index contributed by atoms with van der Waals surface area (Å²) < 4.78 is 0. The zero-order valence-electron chi connectivity index (χ0n) is 8.72. The Labute approximate surface area is 85.4 Å². The Morgan fingerprint density at radius 1 is 1.29 bits per heavy atom. The number of hydrogen-bond donors (Lipinski definition) is 2. The molecule has 1 amide bonds. The molecule has 3 heteroatoms. The van der Waals surface area contributed by atoms with Crippen LogP contribution in [0, 0.1) is 5.41 Å². The molecule has 0 unspecified atom stereocenters. The number of primary amides is 1. The van der Waals surface area contributed by atoms with Gasteiger partial charge in [0.2, 0.25) is 5.91 Å². The SMILES string of the molecule is NC(=O)C1(CNC2CCC2)CCCC1. The Bertz CT molecular complexity index is 217. The molecule has 14 heavy (non-hydrogen) atoms. The van der Waals surface area contributed by atoms with Crippen molar-refractivity contribution in [3.63, 3.8) is 0 Å². The van der Waals surface area contributed by atoms with E-state index in [0.717, 1.165) is 32.2 Å². The summed E-state index contributed by atoms with van der Waals surface area (Å²) in [5, 5.41) is 3.48. The van der Waals surface area contributed by atoms with E-state index in [9.17, 15) is 4.79 Å². The van der Waals surface area contributed by atoms with Gasteiger partial charge in [-0.3, -0.25) is 4.79 Å². The molecular weight excluding hydrogens is 176 g/mol. The van der Waals surface area contributed by atoms with Crippen LogP contribution in [-0.2, 0) is 4.79 Å². The predicted molar refractivity (Wildman–Crippen MR) is 55.7 cm³/mol. The molecule has 0 aliphatic heterocycles. The van der Waals surface area contributed by atoms with Crippen LogP contribution in [0.1, 0.15) is 44.9 Å². The van der Waals surface area contributed by atoms with Crippen molar-refractivity contribution in [1.29, 1.82) is 0 Å². The fourth-order valence-electron chi connectivity index (χ4n) is 2.51. The molecule has 2 rings (SSSR count). The van der Waals surface area contributed by atoms with E-state index in [1.165, 1.54) is 19.3 Å². The van der Waals surface area contributed by atoms with Crippen molar-refractivity contribution in [3.05, 3.63) is 0 Å². The van der Waals surface area contributed by atoms with Crippen LogP contribution in [-0.4, -0.2) is 18.5 Å². The van der Waals surface area contributed by atoms with E-state index in [1.807, 2.05) is 0 Å². The zero-order valence-corrected chi connectivity index (χ0v) is 8.72. The maximum atomic E-state index is 11.4. The van der Waals surface area contributed by atoms with Gasteiger partial charge in [-0.2, -0.15) is 0 Å². The monoisotopic (exact) mass is 196 g/mol. The summed E-state index contributed by atoms with van der Waals surface area (Å²) in [7, 11) is 0. The van der Waals surface area contributed by atoms with Gasteiger partial charge in [0, 0.05) is 12.6 Å². The predicted octanol–water partition coefficient (Wildman–Crippen LogP) is 1.17. The fraction of sp³-hybridized carbons (Fsp3) is 0.909. The molecule has 0 bridgehead atoms. The highest BCUT2D eigenvalue weighted by atomic mass is 16.1. The van der Waals surface area contributed by atoms with E-state index >= 15 is 0 Å². The van der Waals surface area contributed by atoms with Crippen LogP contribution < -0.4 is 11.1 Å². The quantitative estimate of drug-likeness (QED) is 0.709. The number of nitrogens with one attached hydrogen (secondary N) is 1. The van der Waals surface area contributed by atoms with Crippen molar-refractivity contribution in [2.75, 3.05) is 6.54 Å². The minimum atomic E-state index is -0.213. The second-order valence-corrected chi connectivity index (χ2v) is 4.86. The van der Waals surface area contributed by atoms with Crippen LogP contribution in [0.3, 0.4) is 0 Å². The summed E-state index contributed by atoms with van der Waals surface area (Å²) in [6.07, 6.45) is 8.18. The van der Waals surface area contributed by atoms with E-state index in [1.54, 1.807) is 0 Å². The third-order valence-corrected chi connectivity index (χ3v) is 3.92. The summed E-state index contributed by atoms with van der Waals surface area (Å²) in [4.78, 5) is 11.4. The van der Waals surface area contributed by atoms with Gasteiger partial charge >= 0.3 is 0 Å². The summed E-state index contributed by atoms with van der Waals surface area (Å²) in [6.45, 7) is 0.812. The molecule has 0 aromatic carbocycles. The zero-order chi connectivity index (χ0) is 10.0. The van der Waals surface area contributed by atoms with Crippen molar-refractivity contribution in [2.24, 2.45) is 11.1 Å². The van der Waals surface area contributed by atoms with Gasteiger partial charge in [-0.05, 0) is 25.7 Å². The molecule has 3 N–H and O–H groups in total. The summed E-state index contributed by atoms with van der Waals surface area (Å²) in [5.41, 5.74) is 5.29. The van der Waals surface area contributed by atoms with Crippen molar-refractivity contribution >= 4 is 5.91 Å². The van der Waals surface area contributed by atoms with Crippen LogP contribution in [0.5, 0.6) is 0 Å². The molecule has 2 fully saturated rings. The molecule has 2 aliphatic rings. The minimum Gasteiger partial charge on any atom is -0.369 e. The topological polar surface area (TPSA) is 55.1 Å². The smallest absolute Gasteiger partial charge is 0.224 e. The largest absolute Gasteiger partial charge is 0.369 e. The highest BCUT2D eigenvalue weighted by Crippen LogP contribution is 2.37. The Balaban J connectivity index is 1.86. The molecule has 3 nitrogen and oxygen atoms in total. The van der Waals surface area contributed by atoms with E-state index in [4.69, 9.17) is 5.73 Å². The van der Waals surface area contributed by atoms with E-state index < -0.39 is 0 Å². The first kappa shape index (κ1) is 9.97. The second kappa shape index (κ2) is 3.89. The lowest BCUT2D eigenvalue weighted by Gasteiger charge is -2.32. The highest BCUT2D eigenvalue weighted by Gasteiger charge is 2.39. The maximum Gasteiger partial charge on any atom is 0.224 e. The molecule has 0 heterocycles. The summed E-state index contributed by atoms with van der Waals surface area (Å²) >= 11 is 0. The lowest BCUT2D eigenvalue weighted by atomic mass is 9.84. The van der Waals surface area contributed by atoms with Crippen LogP contribution in [0.4, 0.5) is 0 Å². The Kier molecular flexibility index (Phi) is 2.77. The molecule has 0 spiro atoms. The number of nitrogens with two attached hydrogens (primary N) is 1. The summed E-state index contributed by atoms with van der Waals surface area (Å²) in [6, 6.07) is 0.659. The molecule has 2 saturated carbocycles. The molecule has 0 radical (unpaired) electrons. The van der Waals surface area contributed by atoms with Gasteiger partial charge in [0.05, 0.1) is 5.41 Å². The van der Waals surface area contributed by atoms with Crippen molar-refractivity contribution < 1.29 is 4.79 Å². The first-order chi connectivity index (χ1) is 6.73. The van der Waals surface area contributed by atoms with Gasteiger partial charge in [0.15, 0.2) is 0 Å². The third kappa shape index (κ3) is 1.78. The second-order valence-electron chi connectivity index (χ2n) is 4.86. The lowest BCUT2D eigenvalue weighted by molar-refractivity contribution is -0.127. The van der Waals surface area contributed by atoms with Crippen LogP contribution in [0.2, 0.25) is 0 Å². The fourth-order valence-corrected chi connectivity index (χ4v) is 2.51. The number of carbonyl (C=O) groups is 1. The van der Waals surface area contributed by atoms with Gasteiger partial charge in [-0.15, -0.1) is 0 Å². The number of rotatable bonds is 4. The van der Waals surface area contributed by atoms with Crippen molar-refractivity contribution in [1.82, 2.24) is 5.32 Å². The molecule has 0 aromatic rings. The molecular formula is C11H20N2O. The lowest BCUT2D eigenvalue weighted by Crippen LogP contribution is -2.47. The van der Waals surface area contributed by atoms with Gasteiger partial charge in [-0.1, -0.05) is 19.3 Å². The van der Waals surface area contributed by atoms with Gasteiger partial charge < -0.3 is 11.1 Å². The third-order valence-electron chi connectivity index (χ3n) is 3.92. The normalized spacial score (nSPS) is 26.0. The van der Waals surface area contributed by atoms with Crippen molar-refractivity contribution in [2.45, 2.75) is 51.0 Å². The average Bonchev–Trinajstić information content (AvgIpc) is 2.51. The number of hydrogen-bond acceptors (Lipinski definition) is 2. The number of carbonyl (C=O) groups excluding carboxylic acids is 1. The Hall–Kier alpha value is -0.570. The van der Waals surface area contributed by atoms with E-state index in [-0.39, 0.29) is 11.3 Å². The molecule has 80 valence electrons. The highest BCUT2D eigenvalue weighted by molar-refractivity contribution is 5.81. The van der Waals surface area contributed by atoms with Crippen LogP contribution >= 0.6 is 0 Å². The Morgan fingerprint density at radius 2 is 1.93 bits per heavy atom. The van der Waals surface area contributed by atoms with Gasteiger partial charge in [0.1, 0.15) is 0 Å². The van der Waals surface area contributed by atoms with Crippen molar-refractivity contribution in [3.8, 4) is 0 Å². The standard InChI is InChI=1S/C11H20N2O/c12-10(14)11(6-1-2-7-11)8-13-9-4-3-5-9/h9,13H,1-8H2,(H2,12,14). The first-order valence-electron chi connectivity index (χ1n) is 5.76. The van der Waals surface area contributed by atoms with Crippen LogP contribution in [0.25, 0.3) is 0 Å². The first-order valence-corrected chi connectivity index (χ1v) is 5.76. The molecule has 0 aromatic heterocycles. The molecule has 2 aliphatic carbocycles. The average molecular weight is 196 g/mol. The van der Waals surface area contributed by atoms with Gasteiger partial charge in [0.25, 0.3) is 0 Å². The number of amides is 1. The van der Waals surface area contributed by atoms with Gasteiger partial charge in [-0.25, -0.2) is 0 Å². The molecule has 0 saturated heterocycles. The van der Waals surface area contributed by atoms with E-state index in [0.29, 0.717) is 6.04 Å². The van der Waals surface area contributed by atoms with E-state index in [2.05, 4.69) is 5.32 Å². The maximum absolute atomic E-state index is 11.4. The summed E-state index contributed by atoms with van der Waals surface area (Å²) in [5.74, 6) is -0.0955. The van der Waals surface area contributed by atoms with Crippen LogP contribution in [0.15, 0.2) is 0 Å².